The van der Waals surface area contributed by atoms with Gasteiger partial charge in [-0.1, -0.05) is 32.8 Å². The number of aliphatic hydroxyl groups is 1. The van der Waals surface area contributed by atoms with E-state index in [9.17, 15) is 9.90 Å². The molecular formula is C14H24O4. The van der Waals surface area contributed by atoms with Gasteiger partial charge >= 0.3 is 11.9 Å². The number of hydrogen-bond acceptors (Lipinski definition) is 4. The molecule has 0 aromatic rings. The van der Waals surface area contributed by atoms with Crippen LogP contribution in [0.15, 0.2) is 12.7 Å². The summed E-state index contributed by atoms with van der Waals surface area (Å²) in [6.07, 6.45) is 7.00. The molecule has 1 N–H and O–H groups in total. The number of rotatable bonds is 6. The van der Waals surface area contributed by atoms with Gasteiger partial charge in [-0.3, -0.25) is 0 Å². The quantitative estimate of drug-likeness (QED) is 0.451. The first-order chi connectivity index (χ1) is 8.50. The molecule has 0 aliphatic heterocycles. The molecule has 1 saturated carbocycles. The molecule has 1 aliphatic carbocycles. The van der Waals surface area contributed by atoms with E-state index in [0.717, 1.165) is 18.9 Å². The Morgan fingerprint density at radius 3 is 2.61 bits per heavy atom. The predicted molar refractivity (Wildman–Crippen MR) is 68.7 cm³/mol. The number of ether oxygens (including phenoxy) is 2. The molecular weight excluding hydrogens is 232 g/mol. The van der Waals surface area contributed by atoms with Gasteiger partial charge in [0.25, 0.3) is 0 Å². The van der Waals surface area contributed by atoms with Crippen LogP contribution in [0.1, 0.15) is 52.4 Å². The fourth-order valence-corrected chi connectivity index (χ4v) is 2.37. The van der Waals surface area contributed by atoms with Crippen LogP contribution in [-0.4, -0.2) is 23.2 Å². The van der Waals surface area contributed by atoms with Gasteiger partial charge in [-0.2, -0.15) is 0 Å². The molecule has 0 saturated heterocycles. The summed E-state index contributed by atoms with van der Waals surface area (Å²) in [5, 5.41) is 10.1. The summed E-state index contributed by atoms with van der Waals surface area (Å²) >= 11 is 0. The highest BCUT2D eigenvalue weighted by Gasteiger charge is 2.35. The molecule has 4 nitrogen and oxygen atoms in total. The summed E-state index contributed by atoms with van der Waals surface area (Å²) < 4.78 is 10.4. The van der Waals surface area contributed by atoms with Crippen LogP contribution in [-0.2, 0) is 14.3 Å². The first kappa shape index (κ1) is 15.2. The molecule has 4 heteroatoms. The van der Waals surface area contributed by atoms with Gasteiger partial charge in [-0.05, 0) is 25.7 Å². The van der Waals surface area contributed by atoms with Crippen molar-refractivity contribution in [2.75, 3.05) is 0 Å². The smallest absolute Gasteiger partial charge is 0.334 e. The van der Waals surface area contributed by atoms with E-state index in [4.69, 9.17) is 9.47 Å². The van der Waals surface area contributed by atoms with Crippen molar-refractivity contribution >= 4 is 5.97 Å². The Morgan fingerprint density at radius 1 is 1.50 bits per heavy atom. The van der Waals surface area contributed by atoms with E-state index >= 15 is 0 Å². The minimum Gasteiger partial charge on any atom is -0.405 e. The summed E-state index contributed by atoms with van der Waals surface area (Å²) in [7, 11) is 0. The SMILES string of the molecule is C=CC(=O)OC(O)(CC)OC(C)C1CCCCC1. The largest absolute Gasteiger partial charge is 0.405 e. The van der Waals surface area contributed by atoms with Crippen molar-refractivity contribution in [2.45, 2.75) is 64.4 Å². The van der Waals surface area contributed by atoms with Gasteiger partial charge in [0, 0.05) is 12.5 Å². The summed E-state index contributed by atoms with van der Waals surface area (Å²) in [5.41, 5.74) is 0. The molecule has 0 aromatic carbocycles. The molecule has 18 heavy (non-hydrogen) atoms. The van der Waals surface area contributed by atoms with Crippen LogP contribution in [0.4, 0.5) is 0 Å². The lowest BCUT2D eigenvalue weighted by molar-refractivity contribution is -0.359. The Kier molecular flexibility index (Phi) is 5.82. The number of hydrogen-bond donors (Lipinski definition) is 1. The molecule has 0 radical (unpaired) electrons. The van der Waals surface area contributed by atoms with Gasteiger partial charge in [0.2, 0.25) is 0 Å². The Morgan fingerprint density at radius 2 is 2.11 bits per heavy atom. The average Bonchev–Trinajstić information content (AvgIpc) is 2.39. The third kappa shape index (κ3) is 4.42. The lowest BCUT2D eigenvalue weighted by atomic mass is 9.86. The zero-order valence-electron chi connectivity index (χ0n) is 11.4. The first-order valence-electron chi connectivity index (χ1n) is 6.76. The Balaban J connectivity index is 2.54. The van der Waals surface area contributed by atoms with Crippen molar-refractivity contribution in [1.29, 1.82) is 0 Å². The highest BCUT2D eigenvalue weighted by atomic mass is 16.8. The van der Waals surface area contributed by atoms with Gasteiger partial charge in [-0.15, -0.1) is 0 Å². The van der Waals surface area contributed by atoms with E-state index in [1.807, 2.05) is 6.92 Å². The van der Waals surface area contributed by atoms with E-state index in [1.165, 1.54) is 19.3 Å². The molecule has 0 aromatic heterocycles. The maximum atomic E-state index is 11.2. The zero-order valence-corrected chi connectivity index (χ0v) is 11.4. The normalized spacial score (nSPS) is 21.9. The summed E-state index contributed by atoms with van der Waals surface area (Å²) in [5.74, 6) is -2.07. The molecule has 2 unspecified atom stereocenters. The van der Waals surface area contributed by atoms with Gasteiger partial charge < -0.3 is 14.6 Å². The average molecular weight is 256 g/mol. The van der Waals surface area contributed by atoms with Gasteiger partial charge in [0.15, 0.2) is 0 Å². The first-order valence-corrected chi connectivity index (χ1v) is 6.76. The van der Waals surface area contributed by atoms with E-state index < -0.39 is 11.9 Å². The van der Waals surface area contributed by atoms with Crippen molar-refractivity contribution in [3.63, 3.8) is 0 Å². The highest BCUT2D eigenvalue weighted by molar-refractivity contribution is 5.81. The number of carbonyl (C=O) groups is 1. The van der Waals surface area contributed by atoms with E-state index in [2.05, 4.69) is 6.58 Å². The minimum absolute atomic E-state index is 0.118. The monoisotopic (exact) mass is 256 g/mol. The summed E-state index contributed by atoms with van der Waals surface area (Å²) in [6.45, 7) is 6.95. The van der Waals surface area contributed by atoms with E-state index in [0.29, 0.717) is 5.92 Å². The van der Waals surface area contributed by atoms with Crippen molar-refractivity contribution < 1.29 is 19.4 Å². The molecule has 1 rings (SSSR count). The third-order valence-corrected chi connectivity index (χ3v) is 3.56. The second-order valence-corrected chi connectivity index (χ2v) is 4.91. The van der Waals surface area contributed by atoms with Crippen LogP contribution < -0.4 is 0 Å². The van der Waals surface area contributed by atoms with Crippen LogP contribution in [0.2, 0.25) is 0 Å². The van der Waals surface area contributed by atoms with Crippen LogP contribution in [0.3, 0.4) is 0 Å². The lowest BCUT2D eigenvalue weighted by Gasteiger charge is -2.34. The fraction of sp³-hybridized carbons (Fsp3) is 0.786. The molecule has 0 spiro atoms. The van der Waals surface area contributed by atoms with Crippen molar-refractivity contribution in [2.24, 2.45) is 5.92 Å². The second-order valence-electron chi connectivity index (χ2n) is 4.91. The van der Waals surface area contributed by atoms with Crippen LogP contribution >= 0.6 is 0 Å². The van der Waals surface area contributed by atoms with Gasteiger partial charge in [0.1, 0.15) is 0 Å². The summed E-state index contributed by atoms with van der Waals surface area (Å²) in [6, 6.07) is 0. The van der Waals surface area contributed by atoms with Crippen molar-refractivity contribution in [1.82, 2.24) is 0 Å². The standard InChI is InChI=1S/C14H24O4/c1-4-13(15)18-14(16,5-2)17-11(3)12-9-7-6-8-10-12/h4,11-12,16H,1,5-10H2,2-3H3. The zero-order chi connectivity index (χ0) is 13.6. The minimum atomic E-state index is -1.83. The maximum absolute atomic E-state index is 11.2. The lowest BCUT2D eigenvalue weighted by Crippen LogP contribution is -2.42. The maximum Gasteiger partial charge on any atom is 0.334 e. The molecule has 1 fully saturated rings. The predicted octanol–water partition coefficient (Wildman–Crippen LogP) is 2.76. The van der Waals surface area contributed by atoms with Gasteiger partial charge in [0.05, 0.1) is 6.10 Å². The fourth-order valence-electron chi connectivity index (χ4n) is 2.37. The molecule has 1 aliphatic rings. The Labute approximate surface area is 109 Å². The highest BCUT2D eigenvalue weighted by Crippen LogP contribution is 2.30. The molecule has 0 bridgehead atoms. The van der Waals surface area contributed by atoms with Crippen LogP contribution in [0.25, 0.3) is 0 Å². The van der Waals surface area contributed by atoms with Gasteiger partial charge in [-0.25, -0.2) is 4.79 Å². The third-order valence-electron chi connectivity index (χ3n) is 3.56. The van der Waals surface area contributed by atoms with Crippen molar-refractivity contribution in [3.05, 3.63) is 12.7 Å². The van der Waals surface area contributed by atoms with Crippen LogP contribution in [0.5, 0.6) is 0 Å². The molecule has 0 heterocycles. The topological polar surface area (TPSA) is 55.8 Å². The Hall–Kier alpha value is -0.870. The molecule has 2 atom stereocenters. The van der Waals surface area contributed by atoms with Crippen LogP contribution in [0, 0.1) is 5.92 Å². The molecule has 0 amide bonds. The van der Waals surface area contributed by atoms with E-state index in [-0.39, 0.29) is 12.5 Å². The molecule has 104 valence electrons. The number of carbonyl (C=O) groups excluding carboxylic acids is 1. The number of esters is 1. The van der Waals surface area contributed by atoms with Crippen molar-refractivity contribution in [3.8, 4) is 0 Å². The second kappa shape index (κ2) is 6.90. The Bertz CT molecular complexity index is 284. The summed E-state index contributed by atoms with van der Waals surface area (Å²) in [4.78, 5) is 11.2. The van der Waals surface area contributed by atoms with E-state index in [1.54, 1.807) is 6.92 Å².